The van der Waals surface area contributed by atoms with E-state index in [0.717, 1.165) is 44.9 Å². The van der Waals surface area contributed by atoms with Gasteiger partial charge in [-0.2, -0.15) is 0 Å². The van der Waals surface area contributed by atoms with E-state index < -0.39 is 0 Å². The quantitative estimate of drug-likeness (QED) is 0.707. The van der Waals surface area contributed by atoms with Gasteiger partial charge in [-0.15, -0.1) is 0 Å². The number of hydrogen-bond acceptors (Lipinski definition) is 3. The van der Waals surface area contributed by atoms with E-state index in [2.05, 4.69) is 11.9 Å². The molecule has 2 aliphatic rings. The lowest BCUT2D eigenvalue weighted by atomic mass is 10.00. The highest BCUT2D eigenvalue weighted by Crippen LogP contribution is 2.22. The highest BCUT2D eigenvalue weighted by atomic mass is 16.5. The van der Waals surface area contributed by atoms with Crippen molar-refractivity contribution in [3.05, 3.63) is 11.8 Å². The molecule has 0 aromatic rings. The first-order valence-electron chi connectivity index (χ1n) is 5.78. The first-order valence-corrected chi connectivity index (χ1v) is 5.78. The van der Waals surface area contributed by atoms with Gasteiger partial charge in [0.15, 0.2) is 5.78 Å². The molecule has 1 aliphatic carbocycles. The van der Waals surface area contributed by atoms with Crippen molar-refractivity contribution in [2.24, 2.45) is 5.92 Å². The van der Waals surface area contributed by atoms with Crippen molar-refractivity contribution in [3.8, 4) is 0 Å². The number of ether oxygens (including phenoxy) is 1. The highest BCUT2D eigenvalue weighted by Gasteiger charge is 2.20. The Morgan fingerprint density at radius 1 is 1.40 bits per heavy atom. The predicted octanol–water partition coefficient (Wildman–Crippen LogP) is 1.59. The average molecular weight is 209 g/mol. The Kier molecular flexibility index (Phi) is 3.41. The molecule has 15 heavy (non-hydrogen) atoms. The lowest BCUT2D eigenvalue weighted by Gasteiger charge is -2.28. The normalized spacial score (nSPS) is 23.0. The van der Waals surface area contributed by atoms with Crippen LogP contribution >= 0.6 is 0 Å². The number of ketones is 1. The van der Waals surface area contributed by atoms with Gasteiger partial charge in [0, 0.05) is 45.0 Å². The summed E-state index contributed by atoms with van der Waals surface area (Å²) in [5, 5.41) is 0. The summed E-state index contributed by atoms with van der Waals surface area (Å²) >= 11 is 0. The molecular weight excluding hydrogens is 190 g/mol. The van der Waals surface area contributed by atoms with Crippen LogP contribution in [0.1, 0.15) is 25.7 Å². The molecule has 0 amide bonds. The zero-order valence-electron chi connectivity index (χ0n) is 9.37. The van der Waals surface area contributed by atoms with Crippen LogP contribution in [0.25, 0.3) is 0 Å². The second-order valence-electron chi connectivity index (χ2n) is 4.54. The molecule has 3 heteroatoms. The topological polar surface area (TPSA) is 29.5 Å². The highest BCUT2D eigenvalue weighted by molar-refractivity contribution is 5.92. The maximum Gasteiger partial charge on any atom is 0.157 e. The molecule has 2 rings (SSSR count). The van der Waals surface area contributed by atoms with Crippen LogP contribution in [0.5, 0.6) is 0 Å². The molecule has 0 aromatic carbocycles. The van der Waals surface area contributed by atoms with Crippen LogP contribution < -0.4 is 0 Å². The number of rotatable bonds is 3. The summed E-state index contributed by atoms with van der Waals surface area (Å²) in [6.45, 7) is 2.87. The van der Waals surface area contributed by atoms with Gasteiger partial charge in [-0.1, -0.05) is 0 Å². The van der Waals surface area contributed by atoms with Crippen molar-refractivity contribution in [3.63, 3.8) is 0 Å². The van der Waals surface area contributed by atoms with Crippen LogP contribution in [0.3, 0.4) is 0 Å². The first-order chi connectivity index (χ1) is 7.25. The summed E-state index contributed by atoms with van der Waals surface area (Å²) in [4.78, 5) is 13.4. The number of carbonyl (C=O) groups excluding carboxylic acids is 1. The largest absolute Gasteiger partial charge is 0.381 e. The van der Waals surface area contributed by atoms with Crippen LogP contribution in [-0.2, 0) is 9.53 Å². The van der Waals surface area contributed by atoms with Gasteiger partial charge in [-0.05, 0) is 25.2 Å². The van der Waals surface area contributed by atoms with Crippen LogP contribution in [0.2, 0.25) is 0 Å². The van der Waals surface area contributed by atoms with Gasteiger partial charge in [0.05, 0.1) is 0 Å². The standard InChI is InChI=1S/C12H19NO2/c1-13(11-2-3-12(14)8-11)9-10-4-6-15-7-5-10/h8,10H,2-7,9H2,1H3. The van der Waals surface area contributed by atoms with Gasteiger partial charge in [0.2, 0.25) is 0 Å². The second kappa shape index (κ2) is 4.79. The maximum absolute atomic E-state index is 11.1. The van der Waals surface area contributed by atoms with E-state index in [1.807, 2.05) is 0 Å². The van der Waals surface area contributed by atoms with E-state index in [1.165, 1.54) is 5.70 Å². The fraction of sp³-hybridized carbons (Fsp3) is 0.750. The van der Waals surface area contributed by atoms with E-state index in [-0.39, 0.29) is 5.78 Å². The van der Waals surface area contributed by atoms with Crippen molar-refractivity contribution >= 4 is 5.78 Å². The van der Waals surface area contributed by atoms with E-state index >= 15 is 0 Å². The summed E-state index contributed by atoms with van der Waals surface area (Å²) in [5.74, 6) is 1.02. The van der Waals surface area contributed by atoms with Crippen molar-refractivity contribution in [1.29, 1.82) is 0 Å². The Morgan fingerprint density at radius 3 is 2.73 bits per heavy atom. The summed E-state index contributed by atoms with van der Waals surface area (Å²) in [7, 11) is 2.10. The minimum absolute atomic E-state index is 0.281. The maximum atomic E-state index is 11.1. The monoisotopic (exact) mass is 209 g/mol. The molecule has 1 saturated heterocycles. The molecular formula is C12H19NO2. The van der Waals surface area contributed by atoms with Gasteiger partial charge >= 0.3 is 0 Å². The van der Waals surface area contributed by atoms with Gasteiger partial charge in [-0.25, -0.2) is 0 Å². The van der Waals surface area contributed by atoms with E-state index in [1.54, 1.807) is 6.08 Å². The Bertz CT molecular complexity index is 267. The minimum atomic E-state index is 0.281. The van der Waals surface area contributed by atoms with Gasteiger partial charge in [0.25, 0.3) is 0 Å². The van der Waals surface area contributed by atoms with Crippen LogP contribution in [0.15, 0.2) is 11.8 Å². The molecule has 0 atom stereocenters. The second-order valence-corrected chi connectivity index (χ2v) is 4.54. The molecule has 3 nitrogen and oxygen atoms in total. The zero-order valence-corrected chi connectivity index (χ0v) is 9.37. The fourth-order valence-corrected chi connectivity index (χ4v) is 2.32. The molecule has 0 unspecified atom stereocenters. The van der Waals surface area contributed by atoms with Gasteiger partial charge < -0.3 is 9.64 Å². The number of nitrogens with zero attached hydrogens (tertiary/aromatic N) is 1. The summed E-state index contributed by atoms with van der Waals surface area (Å²) in [6.07, 6.45) is 5.75. The van der Waals surface area contributed by atoms with Crippen LogP contribution in [0, 0.1) is 5.92 Å². The minimum Gasteiger partial charge on any atom is -0.381 e. The zero-order chi connectivity index (χ0) is 10.7. The van der Waals surface area contributed by atoms with Crippen molar-refractivity contribution in [1.82, 2.24) is 4.90 Å². The Hall–Kier alpha value is -0.830. The number of allylic oxidation sites excluding steroid dienone is 2. The lowest BCUT2D eigenvalue weighted by Crippen LogP contribution is -2.28. The van der Waals surface area contributed by atoms with Crippen LogP contribution in [-0.4, -0.2) is 37.5 Å². The molecule has 0 radical (unpaired) electrons. The average Bonchev–Trinajstić information content (AvgIpc) is 2.66. The van der Waals surface area contributed by atoms with E-state index in [9.17, 15) is 4.79 Å². The Morgan fingerprint density at radius 2 is 2.13 bits per heavy atom. The van der Waals surface area contributed by atoms with E-state index in [0.29, 0.717) is 6.42 Å². The Balaban J connectivity index is 1.83. The van der Waals surface area contributed by atoms with Crippen molar-refractivity contribution < 1.29 is 9.53 Å². The van der Waals surface area contributed by atoms with Crippen molar-refractivity contribution in [2.45, 2.75) is 25.7 Å². The third-order valence-electron chi connectivity index (χ3n) is 3.32. The SMILES string of the molecule is CN(CC1CCOCC1)C1=CC(=O)CC1. The van der Waals surface area contributed by atoms with Gasteiger partial charge in [-0.3, -0.25) is 4.79 Å². The predicted molar refractivity (Wildman–Crippen MR) is 58.5 cm³/mol. The summed E-state index contributed by atoms with van der Waals surface area (Å²) < 4.78 is 5.34. The molecule has 1 fully saturated rings. The molecule has 1 heterocycles. The molecule has 1 aliphatic heterocycles. The van der Waals surface area contributed by atoms with Crippen LogP contribution in [0.4, 0.5) is 0 Å². The third kappa shape index (κ3) is 2.81. The Labute approximate surface area is 91.1 Å². The van der Waals surface area contributed by atoms with Crippen molar-refractivity contribution in [2.75, 3.05) is 26.8 Å². The first kappa shape index (κ1) is 10.7. The number of hydrogen-bond donors (Lipinski definition) is 0. The molecule has 0 bridgehead atoms. The summed E-state index contributed by atoms with van der Waals surface area (Å²) in [5.41, 5.74) is 1.21. The molecule has 0 spiro atoms. The molecule has 0 saturated carbocycles. The molecule has 84 valence electrons. The third-order valence-corrected chi connectivity index (χ3v) is 3.32. The van der Waals surface area contributed by atoms with E-state index in [4.69, 9.17) is 4.74 Å². The number of carbonyl (C=O) groups is 1. The summed E-state index contributed by atoms with van der Waals surface area (Å²) in [6, 6.07) is 0. The molecule has 0 N–H and O–H groups in total. The van der Waals surface area contributed by atoms with Gasteiger partial charge in [0.1, 0.15) is 0 Å². The smallest absolute Gasteiger partial charge is 0.157 e. The lowest BCUT2D eigenvalue weighted by molar-refractivity contribution is -0.114. The molecule has 0 aromatic heterocycles. The fourth-order valence-electron chi connectivity index (χ4n) is 2.32.